The monoisotopic (exact) mass is 397 g/mol. The van der Waals surface area contributed by atoms with Gasteiger partial charge in [-0.3, -0.25) is 0 Å². The smallest absolute Gasteiger partial charge is 0.235 e. The average Bonchev–Trinajstić information content (AvgIpc) is 3.24. The van der Waals surface area contributed by atoms with E-state index in [9.17, 15) is 4.39 Å². The Morgan fingerprint density at radius 1 is 0.862 bits per heavy atom. The van der Waals surface area contributed by atoms with E-state index in [-0.39, 0.29) is 5.82 Å². The van der Waals surface area contributed by atoms with Gasteiger partial charge >= 0.3 is 5.82 Å². The van der Waals surface area contributed by atoms with Crippen molar-refractivity contribution in [2.24, 2.45) is 7.05 Å². The van der Waals surface area contributed by atoms with Crippen molar-refractivity contribution < 1.29 is 8.96 Å². The fraction of sp³-hybridized carbons (Fsp3) is 0.0800. The summed E-state index contributed by atoms with van der Waals surface area (Å²) in [5.74, 6) is 0.923. The molecule has 0 aliphatic carbocycles. The molecule has 0 unspecified atom stereocenters. The number of thiophene rings is 1. The van der Waals surface area contributed by atoms with Gasteiger partial charge in [-0.25, -0.2) is 8.96 Å². The number of pyridine rings is 1. The number of hydrogen-bond acceptors (Lipinski definition) is 1. The van der Waals surface area contributed by atoms with Crippen LogP contribution in [0.4, 0.5) is 4.39 Å². The molecule has 0 N–H and O–H groups in total. The number of halogens is 1. The number of hydrogen-bond donors (Lipinski definition) is 0. The first kappa shape index (κ1) is 16.7. The standard InChI is InChI=1S/C25H18FN2S/c1-15-6-5-8-19-17-7-3-4-9-21(17)28(23(15)19)25-24-20(12-13-27(25)2)18-11-10-16(26)14-22(18)29-24/h3-14H,1-2H3/q+1. The van der Waals surface area contributed by atoms with E-state index in [0.29, 0.717) is 0 Å². The number of fused-ring (bicyclic) bond motifs is 6. The summed E-state index contributed by atoms with van der Waals surface area (Å²) in [5, 5.41) is 4.77. The minimum Gasteiger partial charge on any atom is -0.235 e. The summed E-state index contributed by atoms with van der Waals surface area (Å²) in [6.45, 7) is 2.16. The lowest BCUT2D eigenvalue weighted by Gasteiger charge is -2.06. The van der Waals surface area contributed by atoms with Crippen LogP contribution in [-0.2, 0) is 7.05 Å². The molecule has 29 heavy (non-hydrogen) atoms. The number of nitrogens with zero attached hydrogens (tertiary/aromatic N) is 2. The second-order valence-corrected chi connectivity index (χ2v) is 8.61. The van der Waals surface area contributed by atoms with Gasteiger partial charge in [0.05, 0.1) is 13.2 Å². The third-order valence-corrected chi connectivity index (χ3v) is 6.97. The highest BCUT2D eigenvalue weighted by Crippen LogP contribution is 2.39. The number of aromatic nitrogens is 2. The van der Waals surface area contributed by atoms with E-state index >= 15 is 0 Å². The molecule has 4 heteroatoms. The fourth-order valence-corrected chi connectivity index (χ4v) is 5.80. The molecule has 3 aromatic heterocycles. The van der Waals surface area contributed by atoms with E-state index in [1.54, 1.807) is 23.5 Å². The van der Waals surface area contributed by atoms with Crippen LogP contribution in [0.1, 0.15) is 5.56 Å². The first-order chi connectivity index (χ1) is 14.1. The Bertz CT molecular complexity index is 1590. The predicted octanol–water partition coefficient (Wildman–Crippen LogP) is 6.42. The Balaban J connectivity index is 1.87. The van der Waals surface area contributed by atoms with Gasteiger partial charge in [0.15, 0.2) is 0 Å². The van der Waals surface area contributed by atoms with E-state index in [0.717, 1.165) is 21.3 Å². The highest BCUT2D eigenvalue weighted by atomic mass is 32.1. The van der Waals surface area contributed by atoms with Gasteiger partial charge in [0.25, 0.3) is 0 Å². The first-order valence-corrected chi connectivity index (χ1v) is 10.4. The molecule has 0 aliphatic rings. The zero-order valence-corrected chi connectivity index (χ0v) is 16.9. The van der Waals surface area contributed by atoms with Crippen LogP contribution in [0.5, 0.6) is 0 Å². The van der Waals surface area contributed by atoms with Crippen molar-refractivity contribution in [2.45, 2.75) is 6.92 Å². The summed E-state index contributed by atoms with van der Waals surface area (Å²) < 4.78 is 20.6. The van der Waals surface area contributed by atoms with Crippen LogP contribution in [0, 0.1) is 12.7 Å². The highest BCUT2D eigenvalue weighted by Gasteiger charge is 2.25. The molecule has 0 fully saturated rings. The lowest BCUT2D eigenvalue weighted by molar-refractivity contribution is -0.664. The average molecular weight is 397 g/mol. The van der Waals surface area contributed by atoms with Crippen molar-refractivity contribution in [1.82, 2.24) is 4.57 Å². The number of para-hydroxylation sites is 2. The van der Waals surface area contributed by atoms with E-state index in [4.69, 9.17) is 0 Å². The Labute approximate surface area is 171 Å². The lowest BCUT2D eigenvalue weighted by Crippen LogP contribution is -2.33. The van der Waals surface area contributed by atoms with E-state index in [1.165, 1.54) is 32.1 Å². The molecule has 6 rings (SSSR count). The maximum Gasteiger partial charge on any atom is 0.305 e. The molecule has 6 aromatic rings. The molecule has 0 amide bonds. The van der Waals surface area contributed by atoms with Crippen molar-refractivity contribution in [3.05, 3.63) is 84.3 Å². The summed E-state index contributed by atoms with van der Waals surface area (Å²) >= 11 is 1.66. The molecule has 3 aromatic carbocycles. The van der Waals surface area contributed by atoms with Crippen LogP contribution in [0.25, 0.3) is 47.8 Å². The largest absolute Gasteiger partial charge is 0.305 e. The quantitative estimate of drug-likeness (QED) is 0.283. The molecule has 0 radical (unpaired) electrons. The van der Waals surface area contributed by atoms with Crippen LogP contribution in [0.2, 0.25) is 0 Å². The summed E-state index contributed by atoms with van der Waals surface area (Å²) in [7, 11) is 2.08. The van der Waals surface area contributed by atoms with Gasteiger partial charge < -0.3 is 0 Å². The first-order valence-electron chi connectivity index (χ1n) is 9.63. The molecule has 0 bridgehead atoms. The maximum atomic E-state index is 13.9. The molecule has 140 valence electrons. The Morgan fingerprint density at radius 2 is 1.69 bits per heavy atom. The van der Waals surface area contributed by atoms with Crippen LogP contribution in [0.15, 0.2) is 72.9 Å². The second kappa shape index (κ2) is 5.88. The number of aryl methyl sites for hydroxylation is 2. The Hall–Kier alpha value is -3.24. The molecule has 3 heterocycles. The third kappa shape index (κ3) is 2.23. The van der Waals surface area contributed by atoms with Gasteiger partial charge in [0, 0.05) is 26.2 Å². The van der Waals surface area contributed by atoms with Gasteiger partial charge in [-0.1, -0.05) is 24.3 Å². The minimum absolute atomic E-state index is 0.192. The SMILES string of the molecule is Cc1cccc2c3ccccc3n(-c3c4sc5cc(F)ccc5c4cc[n+]3C)c12. The molecular weight excluding hydrogens is 379 g/mol. The molecule has 0 aliphatic heterocycles. The predicted molar refractivity (Wildman–Crippen MR) is 120 cm³/mol. The number of rotatable bonds is 1. The number of benzene rings is 3. The molecule has 0 saturated carbocycles. The second-order valence-electron chi connectivity index (χ2n) is 7.56. The van der Waals surface area contributed by atoms with Crippen molar-refractivity contribution >= 4 is 53.3 Å². The Morgan fingerprint density at radius 3 is 2.59 bits per heavy atom. The normalized spacial score (nSPS) is 12.0. The summed E-state index contributed by atoms with van der Waals surface area (Å²) in [5.41, 5.74) is 3.65. The van der Waals surface area contributed by atoms with Gasteiger partial charge in [0.2, 0.25) is 0 Å². The fourth-order valence-electron chi connectivity index (χ4n) is 4.51. The van der Waals surface area contributed by atoms with Gasteiger partial charge in [-0.05, 0) is 55.0 Å². The molecule has 0 saturated heterocycles. The van der Waals surface area contributed by atoms with Gasteiger partial charge in [-0.15, -0.1) is 11.3 Å². The minimum atomic E-state index is -0.192. The van der Waals surface area contributed by atoms with E-state index in [1.807, 2.05) is 6.07 Å². The maximum absolute atomic E-state index is 13.9. The van der Waals surface area contributed by atoms with Crippen LogP contribution in [0.3, 0.4) is 0 Å². The Kier molecular flexibility index (Phi) is 3.38. The van der Waals surface area contributed by atoms with Crippen molar-refractivity contribution in [2.75, 3.05) is 0 Å². The van der Waals surface area contributed by atoms with Gasteiger partial charge in [-0.2, -0.15) is 4.57 Å². The van der Waals surface area contributed by atoms with Crippen molar-refractivity contribution in [3.8, 4) is 5.82 Å². The highest BCUT2D eigenvalue weighted by molar-refractivity contribution is 7.26. The zero-order valence-electron chi connectivity index (χ0n) is 16.1. The summed E-state index contributed by atoms with van der Waals surface area (Å²) in [6.07, 6.45) is 2.10. The summed E-state index contributed by atoms with van der Waals surface area (Å²) in [4.78, 5) is 0. The molecule has 0 atom stereocenters. The lowest BCUT2D eigenvalue weighted by atomic mass is 10.1. The van der Waals surface area contributed by atoms with Crippen molar-refractivity contribution in [3.63, 3.8) is 0 Å². The molecule has 0 spiro atoms. The van der Waals surface area contributed by atoms with Crippen molar-refractivity contribution in [1.29, 1.82) is 0 Å². The van der Waals surface area contributed by atoms with Crippen LogP contribution in [-0.4, -0.2) is 4.57 Å². The molecular formula is C25H18FN2S+. The van der Waals surface area contributed by atoms with E-state index < -0.39 is 0 Å². The zero-order chi connectivity index (χ0) is 19.7. The van der Waals surface area contributed by atoms with Crippen LogP contribution >= 0.6 is 11.3 Å². The van der Waals surface area contributed by atoms with Crippen LogP contribution < -0.4 is 4.57 Å². The topological polar surface area (TPSA) is 8.81 Å². The summed E-state index contributed by atoms with van der Waals surface area (Å²) in [6, 6.07) is 22.3. The van der Waals surface area contributed by atoms with Gasteiger partial charge in [0.1, 0.15) is 21.6 Å². The third-order valence-electron chi connectivity index (χ3n) is 5.80. The molecule has 2 nitrogen and oxygen atoms in total. The van der Waals surface area contributed by atoms with E-state index in [2.05, 4.69) is 77.8 Å².